The zero-order valence-corrected chi connectivity index (χ0v) is 12.2. The Hall–Kier alpha value is 0.171. The average Bonchev–Trinajstić information content (AvgIpc) is 2.15. The maximum Gasteiger partial charge on any atom is 1.00 e. The van der Waals surface area contributed by atoms with E-state index in [0.717, 1.165) is 19.2 Å². The van der Waals surface area contributed by atoms with Crippen LogP contribution in [0.1, 0.15) is 0 Å². The van der Waals surface area contributed by atoms with Crippen LogP contribution >= 0.6 is 0 Å². The van der Waals surface area contributed by atoms with Gasteiger partial charge in [0.1, 0.15) is 0 Å². The molecule has 0 fully saturated rings. The normalized spacial score (nSPS) is 11.0. The first-order valence-corrected chi connectivity index (χ1v) is 4.17. The molecule has 0 saturated carbocycles. The summed E-state index contributed by atoms with van der Waals surface area (Å²) in [6.07, 6.45) is 0. The molecular weight excluding hydrogens is 273 g/mol. The quantitative estimate of drug-likeness (QED) is 0.539. The Morgan fingerprint density at radius 3 is 2.12 bits per heavy atom. The third-order valence-electron chi connectivity index (χ3n) is 1.78. The van der Waals surface area contributed by atoms with Crippen LogP contribution in [-0.2, 0) is 0 Å². The van der Waals surface area contributed by atoms with E-state index >= 15 is 0 Å². The smallest absolute Gasteiger partial charge is 0.493 e. The van der Waals surface area contributed by atoms with Crippen molar-refractivity contribution in [2.75, 3.05) is 7.11 Å². The van der Waals surface area contributed by atoms with Gasteiger partial charge in [0.25, 0.3) is 0 Å². The van der Waals surface area contributed by atoms with Crippen molar-refractivity contribution >= 4 is 12.4 Å². The van der Waals surface area contributed by atoms with E-state index in [-0.39, 0.29) is 57.1 Å². The average molecular weight is 280 g/mol. The zero-order valence-electron chi connectivity index (χ0n) is 9.09. The van der Waals surface area contributed by atoms with E-state index in [1.165, 1.54) is 0 Å². The van der Waals surface area contributed by atoms with Gasteiger partial charge in [-0.3, -0.25) is 0 Å². The molecule has 1 aromatic rings. The fourth-order valence-corrected chi connectivity index (χ4v) is 1.08. The Morgan fingerprint density at radius 2 is 1.71 bits per heavy atom. The molecule has 0 N–H and O–H groups in total. The third-order valence-corrected chi connectivity index (χ3v) is 1.78. The predicted molar refractivity (Wildman–Crippen MR) is 48.3 cm³/mol. The maximum absolute atomic E-state index is 12.3. The molecule has 2 nitrogen and oxygen atoms in total. The molecule has 0 unspecified atom stereocenters. The van der Waals surface area contributed by atoms with Crippen LogP contribution in [0.5, 0.6) is 11.5 Å². The van der Waals surface area contributed by atoms with Crippen LogP contribution in [0.2, 0.25) is 0 Å². The van der Waals surface area contributed by atoms with Crippen molar-refractivity contribution in [3.8, 4) is 11.5 Å². The summed E-state index contributed by atoms with van der Waals surface area (Å²) in [5.74, 6) is -0.807. The molecule has 9 heteroatoms. The molecule has 0 radical (unpaired) electrons. The Balaban J connectivity index is 0.00000256. The Kier molecular flexibility index (Phi) is 7.00. The van der Waals surface area contributed by atoms with E-state index in [1.54, 1.807) is 0 Å². The second-order valence-corrected chi connectivity index (χ2v) is 2.86. The first-order valence-electron chi connectivity index (χ1n) is 4.17. The van der Waals surface area contributed by atoms with Crippen molar-refractivity contribution < 1.29 is 82.6 Å². The van der Waals surface area contributed by atoms with Gasteiger partial charge >= 0.3 is 65.0 Å². The van der Waals surface area contributed by atoms with Gasteiger partial charge in [0, 0.05) is 0 Å². The predicted octanol–water partition coefficient (Wildman–Crippen LogP) is -0.645. The number of benzene rings is 1. The number of hydrogen-bond acceptors (Lipinski definition) is 2. The van der Waals surface area contributed by atoms with E-state index in [4.69, 9.17) is 0 Å². The van der Waals surface area contributed by atoms with Crippen LogP contribution in [-0.4, -0.2) is 20.7 Å². The van der Waals surface area contributed by atoms with E-state index in [9.17, 15) is 21.7 Å². The number of ether oxygens (including phenoxy) is 2. The number of halogens is 5. The van der Waals surface area contributed by atoms with Crippen molar-refractivity contribution in [3.05, 3.63) is 18.2 Å². The standard InChI is InChI=1S/C8H7BF5O2.K/c1-15-6-3-2-5(9(12,13)14)4-7(6)16-8(10)11;/h2-4,8H,1H3;/q-1;+1. The summed E-state index contributed by atoms with van der Waals surface area (Å²) in [6.45, 7) is -8.46. The fourth-order valence-electron chi connectivity index (χ4n) is 1.08. The van der Waals surface area contributed by atoms with E-state index in [1.807, 2.05) is 0 Å². The molecule has 0 spiro atoms. The van der Waals surface area contributed by atoms with Crippen LogP contribution in [0.4, 0.5) is 21.7 Å². The summed E-state index contributed by atoms with van der Waals surface area (Å²) < 4.78 is 69.3. The minimum atomic E-state index is -5.25. The molecule has 0 heterocycles. The molecule has 0 aliphatic rings. The largest absolute Gasteiger partial charge is 1.00 e. The second kappa shape index (κ2) is 6.93. The maximum atomic E-state index is 12.3. The van der Waals surface area contributed by atoms with Gasteiger partial charge in [0.05, 0.1) is 7.11 Å². The van der Waals surface area contributed by atoms with Crippen LogP contribution in [0.25, 0.3) is 0 Å². The number of methoxy groups -OCH3 is 1. The molecule has 0 bridgehead atoms. The summed E-state index contributed by atoms with van der Waals surface area (Å²) in [5, 5.41) is 0. The van der Waals surface area contributed by atoms with E-state index in [2.05, 4.69) is 9.47 Å². The number of alkyl halides is 2. The van der Waals surface area contributed by atoms with Crippen molar-refractivity contribution in [2.45, 2.75) is 6.61 Å². The summed E-state index contributed by atoms with van der Waals surface area (Å²) in [4.78, 5) is 0. The number of hydrogen-bond donors (Lipinski definition) is 0. The van der Waals surface area contributed by atoms with Gasteiger partial charge in [-0.25, -0.2) is 0 Å². The molecule has 90 valence electrons. The minimum Gasteiger partial charge on any atom is -0.493 e. The molecule has 0 saturated heterocycles. The zero-order chi connectivity index (χ0) is 12.3. The van der Waals surface area contributed by atoms with Crippen LogP contribution in [0.15, 0.2) is 18.2 Å². The van der Waals surface area contributed by atoms with Crippen LogP contribution in [0.3, 0.4) is 0 Å². The first-order chi connectivity index (χ1) is 7.34. The van der Waals surface area contributed by atoms with E-state index < -0.39 is 24.8 Å². The molecule has 0 amide bonds. The van der Waals surface area contributed by atoms with Gasteiger partial charge in [-0.1, -0.05) is 6.07 Å². The Labute approximate surface area is 137 Å². The van der Waals surface area contributed by atoms with Crippen molar-refractivity contribution in [1.82, 2.24) is 0 Å². The monoisotopic (exact) mass is 280 g/mol. The summed E-state index contributed by atoms with van der Waals surface area (Å²) in [7, 11) is 1.14. The second-order valence-electron chi connectivity index (χ2n) is 2.86. The molecule has 17 heavy (non-hydrogen) atoms. The SMILES string of the molecule is COc1ccc([B-](F)(F)F)cc1OC(F)F.[K+]. The van der Waals surface area contributed by atoms with E-state index in [0.29, 0.717) is 6.07 Å². The minimum absolute atomic E-state index is 0. The third kappa shape index (κ3) is 5.13. The summed E-state index contributed by atoms with van der Waals surface area (Å²) in [5.41, 5.74) is -1.02. The van der Waals surface area contributed by atoms with Gasteiger partial charge in [0.2, 0.25) is 0 Å². The molecule has 1 aromatic carbocycles. The molecule has 0 atom stereocenters. The molecule has 1 rings (SSSR count). The van der Waals surface area contributed by atoms with Crippen LogP contribution < -0.4 is 66.3 Å². The molecule has 0 aliphatic heterocycles. The van der Waals surface area contributed by atoms with Crippen molar-refractivity contribution in [3.63, 3.8) is 0 Å². The molecular formula is C8H7BF5KO2. The summed E-state index contributed by atoms with van der Waals surface area (Å²) >= 11 is 0. The van der Waals surface area contributed by atoms with Gasteiger partial charge < -0.3 is 22.4 Å². The Morgan fingerprint density at radius 1 is 1.12 bits per heavy atom. The molecule has 0 aliphatic carbocycles. The van der Waals surface area contributed by atoms with Crippen molar-refractivity contribution in [1.29, 1.82) is 0 Å². The number of rotatable bonds is 4. The fraction of sp³-hybridized carbons (Fsp3) is 0.250. The topological polar surface area (TPSA) is 18.5 Å². The Bertz CT molecular complexity index is 371. The van der Waals surface area contributed by atoms with Gasteiger partial charge in [-0.15, -0.1) is 5.46 Å². The first kappa shape index (κ1) is 17.2. The van der Waals surface area contributed by atoms with Gasteiger partial charge in [-0.05, 0) is 12.1 Å². The van der Waals surface area contributed by atoms with Crippen molar-refractivity contribution in [2.24, 2.45) is 0 Å². The van der Waals surface area contributed by atoms with Gasteiger partial charge in [0.15, 0.2) is 11.5 Å². The van der Waals surface area contributed by atoms with Crippen LogP contribution in [0, 0.1) is 0 Å². The van der Waals surface area contributed by atoms with Gasteiger partial charge in [-0.2, -0.15) is 8.78 Å². The molecule has 0 aromatic heterocycles. The summed E-state index contributed by atoms with van der Waals surface area (Å²) in [6, 6.07) is 2.17.